The van der Waals surface area contributed by atoms with Crippen molar-refractivity contribution >= 4 is 52.5 Å². The summed E-state index contributed by atoms with van der Waals surface area (Å²) in [6.45, 7) is 10.5. The lowest BCUT2D eigenvalue weighted by Gasteiger charge is -2.27. The van der Waals surface area contributed by atoms with E-state index in [1.54, 1.807) is 0 Å². The van der Waals surface area contributed by atoms with Crippen LogP contribution in [0.3, 0.4) is 0 Å². The van der Waals surface area contributed by atoms with Gasteiger partial charge in [-0.25, -0.2) is 0 Å². The summed E-state index contributed by atoms with van der Waals surface area (Å²) in [5.41, 5.74) is 7.50. The number of benzene rings is 3. The second kappa shape index (κ2) is 20.7. The molecule has 0 saturated carbocycles. The fraction of sp³-hybridized carbons (Fsp3) is 0.392. The van der Waals surface area contributed by atoms with E-state index < -0.39 is 35.6 Å². The molecule has 1 atom stereocenters. The lowest BCUT2D eigenvalue weighted by atomic mass is 9.81. The Balaban J connectivity index is 0.00000700. The number of anilines is 1. The first-order valence-corrected chi connectivity index (χ1v) is 22.4. The average molecular weight is 904 g/mol. The lowest BCUT2D eigenvalue weighted by Crippen LogP contribution is -3.00. The zero-order valence-corrected chi connectivity index (χ0v) is 38.6. The smallest absolute Gasteiger partial charge is 0.266 e. The maximum atomic E-state index is 13.3. The number of nitrogens with one attached hydrogen (secondary N) is 3. The Bertz CT molecular complexity index is 2490. The molecule has 0 aliphatic carbocycles. The number of piperidine rings is 1. The molecule has 3 N–H and O–H groups in total. The monoisotopic (exact) mass is 902 g/mol. The number of hydrogen-bond donors (Lipinski definition) is 3. The molecule has 0 spiro atoms. The Morgan fingerprint density at radius 2 is 1.51 bits per heavy atom. The van der Waals surface area contributed by atoms with Gasteiger partial charge in [-0.3, -0.25) is 39.0 Å². The van der Waals surface area contributed by atoms with Gasteiger partial charge in [-0.1, -0.05) is 81.0 Å². The quantitative estimate of drug-likeness (QED) is 0.0758. The van der Waals surface area contributed by atoms with Crippen molar-refractivity contribution in [2.75, 3.05) is 38.2 Å². The molecule has 7 rings (SSSR count). The Hall–Kier alpha value is -6.34. The third-order valence-corrected chi connectivity index (χ3v) is 12.8. The van der Waals surface area contributed by atoms with Gasteiger partial charge >= 0.3 is 0 Å². The van der Waals surface area contributed by atoms with Crippen LogP contribution < -0.4 is 38.0 Å². The summed E-state index contributed by atoms with van der Waals surface area (Å²) in [5, 5.41) is 7.94. The maximum absolute atomic E-state index is 13.3. The molecule has 0 radical (unpaired) electrons. The van der Waals surface area contributed by atoms with E-state index in [0.717, 1.165) is 30.7 Å². The minimum absolute atomic E-state index is 0. The van der Waals surface area contributed by atoms with Crippen LogP contribution in [0.2, 0.25) is 0 Å². The topological polar surface area (TPSA) is 157 Å². The molecule has 1 saturated heterocycles. The maximum Gasteiger partial charge on any atom is 0.266 e. The summed E-state index contributed by atoms with van der Waals surface area (Å²) in [6, 6.07) is 20.6. The molecule has 0 bridgehead atoms. The van der Waals surface area contributed by atoms with Crippen molar-refractivity contribution in [2.24, 2.45) is 0 Å². The zero-order chi connectivity index (χ0) is 45.6. The van der Waals surface area contributed by atoms with Gasteiger partial charge in [-0.2, -0.15) is 4.58 Å². The SMILES string of the molecule is C[N+]1=C(/C=C/C=C/C=C2/N(CCCCCC(=O)NCCCCNC(=O)COc3cccc4c3C(=O)N(C3CCC(=O)NC3=O)C4=O)c3ccccc3C2(C)C)C(C)(C)c2ccccc21.[Cl-]. The van der Waals surface area contributed by atoms with Gasteiger partial charge < -0.3 is 32.7 Å². The number of imide groups is 2. The summed E-state index contributed by atoms with van der Waals surface area (Å²) in [5.74, 6) is -2.85. The van der Waals surface area contributed by atoms with Crippen LogP contribution in [0.25, 0.3) is 0 Å². The number of para-hydroxylation sites is 2. The number of unbranched alkanes of at least 4 members (excludes halogenated alkanes) is 3. The number of fused-ring (bicyclic) bond motifs is 3. The summed E-state index contributed by atoms with van der Waals surface area (Å²) in [4.78, 5) is 78.8. The number of carbonyl (C=O) groups is 6. The van der Waals surface area contributed by atoms with Crippen LogP contribution >= 0.6 is 0 Å². The van der Waals surface area contributed by atoms with E-state index in [1.165, 1.54) is 52.1 Å². The van der Waals surface area contributed by atoms with Crippen molar-refractivity contribution in [3.05, 3.63) is 125 Å². The number of ether oxygens (including phenoxy) is 1. The summed E-state index contributed by atoms with van der Waals surface area (Å²) < 4.78 is 7.93. The third-order valence-electron chi connectivity index (χ3n) is 12.8. The Morgan fingerprint density at radius 3 is 2.25 bits per heavy atom. The highest BCUT2D eigenvalue weighted by molar-refractivity contribution is 6.24. The highest BCUT2D eigenvalue weighted by atomic mass is 35.5. The summed E-state index contributed by atoms with van der Waals surface area (Å²) in [6.07, 6.45) is 15.3. The molecule has 4 aliphatic heterocycles. The molecule has 3 aromatic carbocycles. The number of nitrogens with zero attached hydrogens (tertiary/aromatic N) is 3. The fourth-order valence-electron chi connectivity index (χ4n) is 9.37. The standard InChI is InChI=1S/C51H58N6O7.ClH/c1-50(2)35-20-11-13-22-37(35)55(5)41(50)25-8-6-9-26-42-51(3,4)36-21-12-14-23-38(36)56(42)32-17-7-10-27-43(58)52-30-15-16-31-53-45(60)33-64-40-24-18-19-34-46(40)49(63)57(48(34)62)39-28-29-44(59)54-47(39)61;/h6,8-9,11-14,18-26,39H,7,10,15-17,27-33H2,1-5H3,(H2-,52,53,54,58,59,60,61);1H. The van der Waals surface area contributed by atoms with Crippen molar-refractivity contribution in [1.29, 1.82) is 0 Å². The molecular formula is C51H59ClN6O7. The first-order valence-electron chi connectivity index (χ1n) is 22.4. The predicted octanol–water partition coefficient (Wildman–Crippen LogP) is 3.54. The second-order valence-corrected chi connectivity index (χ2v) is 17.8. The number of rotatable bonds is 18. The number of amides is 6. The predicted molar refractivity (Wildman–Crippen MR) is 246 cm³/mol. The Morgan fingerprint density at radius 1 is 0.800 bits per heavy atom. The van der Waals surface area contributed by atoms with Crippen molar-refractivity contribution in [1.82, 2.24) is 20.9 Å². The van der Waals surface area contributed by atoms with Crippen molar-refractivity contribution in [3.63, 3.8) is 0 Å². The van der Waals surface area contributed by atoms with E-state index >= 15 is 0 Å². The third kappa shape index (κ3) is 10.2. The van der Waals surface area contributed by atoms with Crippen LogP contribution in [0.15, 0.2) is 103 Å². The molecule has 4 aliphatic rings. The number of carbonyl (C=O) groups excluding carboxylic acids is 6. The van der Waals surface area contributed by atoms with E-state index in [-0.39, 0.29) is 65.5 Å². The fourth-order valence-corrected chi connectivity index (χ4v) is 9.37. The minimum Gasteiger partial charge on any atom is -1.00 e. The van der Waals surface area contributed by atoms with Gasteiger partial charge in [0.2, 0.25) is 23.4 Å². The van der Waals surface area contributed by atoms with Gasteiger partial charge in [0.25, 0.3) is 17.7 Å². The van der Waals surface area contributed by atoms with Gasteiger partial charge in [0.1, 0.15) is 18.8 Å². The van der Waals surface area contributed by atoms with Crippen molar-refractivity contribution in [3.8, 4) is 5.75 Å². The molecule has 6 amide bonds. The number of halogens is 1. The van der Waals surface area contributed by atoms with Gasteiger partial charge in [0.15, 0.2) is 12.3 Å². The van der Waals surface area contributed by atoms with Crippen LogP contribution in [0.4, 0.5) is 11.4 Å². The molecule has 1 fully saturated rings. The molecule has 1 unspecified atom stereocenters. The largest absolute Gasteiger partial charge is 1.00 e. The van der Waals surface area contributed by atoms with Gasteiger partial charge in [0, 0.05) is 67.0 Å². The highest BCUT2D eigenvalue weighted by Crippen LogP contribution is 2.48. The van der Waals surface area contributed by atoms with Crippen LogP contribution in [0.1, 0.15) is 111 Å². The first kappa shape index (κ1) is 48.1. The van der Waals surface area contributed by atoms with Crippen LogP contribution in [0.5, 0.6) is 5.75 Å². The van der Waals surface area contributed by atoms with E-state index in [9.17, 15) is 28.8 Å². The molecule has 4 heterocycles. The molecule has 65 heavy (non-hydrogen) atoms. The van der Waals surface area contributed by atoms with Gasteiger partial charge in [0.05, 0.1) is 16.5 Å². The normalized spacial score (nSPS) is 18.8. The van der Waals surface area contributed by atoms with E-state index in [2.05, 4.69) is 139 Å². The molecular weight excluding hydrogens is 844 g/mol. The first-order chi connectivity index (χ1) is 30.7. The van der Waals surface area contributed by atoms with Gasteiger partial charge in [-0.05, 0) is 75.8 Å². The molecule has 3 aromatic rings. The molecule has 13 nitrogen and oxygen atoms in total. The lowest BCUT2D eigenvalue weighted by molar-refractivity contribution is -0.401. The van der Waals surface area contributed by atoms with E-state index in [0.29, 0.717) is 32.4 Å². The van der Waals surface area contributed by atoms with E-state index in [1.807, 2.05) is 0 Å². The van der Waals surface area contributed by atoms with E-state index in [4.69, 9.17) is 4.74 Å². The number of allylic oxidation sites excluding steroid dienone is 6. The molecule has 342 valence electrons. The molecule has 14 heteroatoms. The van der Waals surface area contributed by atoms with Crippen LogP contribution in [-0.4, -0.2) is 90.0 Å². The average Bonchev–Trinajstić information content (AvgIpc) is 3.74. The summed E-state index contributed by atoms with van der Waals surface area (Å²) >= 11 is 0. The molecule has 0 aromatic heterocycles. The summed E-state index contributed by atoms with van der Waals surface area (Å²) in [7, 11) is 2.13. The van der Waals surface area contributed by atoms with Crippen molar-refractivity contribution in [2.45, 2.75) is 95.9 Å². The van der Waals surface area contributed by atoms with Gasteiger partial charge in [-0.15, -0.1) is 0 Å². The minimum atomic E-state index is -1.10. The number of hydrogen-bond acceptors (Lipinski definition) is 8. The van der Waals surface area contributed by atoms with Crippen LogP contribution in [0, 0.1) is 0 Å². The van der Waals surface area contributed by atoms with Crippen LogP contribution in [-0.2, 0) is 30.0 Å². The second-order valence-electron chi connectivity index (χ2n) is 17.8. The Kier molecular flexibility index (Phi) is 15.3. The Labute approximate surface area is 387 Å². The zero-order valence-electron chi connectivity index (χ0n) is 37.9. The van der Waals surface area contributed by atoms with Crippen molar-refractivity contribution < 1.29 is 50.5 Å². The highest BCUT2D eigenvalue weighted by Gasteiger charge is 2.46.